The van der Waals surface area contributed by atoms with E-state index in [1.807, 2.05) is 19.2 Å². The maximum Gasteiger partial charge on any atom is 0.129 e. The second-order valence-electron chi connectivity index (χ2n) is 3.33. The Hall–Kier alpha value is -0.830. The molecule has 0 amide bonds. The molecule has 0 aliphatic rings. The van der Waals surface area contributed by atoms with Crippen LogP contribution < -0.4 is 0 Å². The van der Waals surface area contributed by atoms with Crippen molar-refractivity contribution in [2.45, 2.75) is 31.7 Å². The zero-order valence-electron chi connectivity index (χ0n) is 8.62. The van der Waals surface area contributed by atoms with Gasteiger partial charge in [0.1, 0.15) is 5.78 Å². The highest BCUT2D eigenvalue weighted by Crippen LogP contribution is 2.16. The second kappa shape index (κ2) is 5.81. The Labute approximate surface area is 89.1 Å². The average Bonchev–Trinajstić information content (AvgIpc) is 2.15. The molecule has 0 radical (unpaired) electrons. The quantitative estimate of drug-likeness (QED) is 0.551. The Morgan fingerprint density at radius 2 is 2.29 bits per heavy atom. The number of hydrogen-bond donors (Lipinski definition) is 0. The van der Waals surface area contributed by atoms with E-state index >= 15 is 0 Å². The van der Waals surface area contributed by atoms with Crippen molar-refractivity contribution in [2.75, 3.05) is 5.75 Å². The summed E-state index contributed by atoms with van der Waals surface area (Å²) in [4.78, 5) is 14.9. The van der Waals surface area contributed by atoms with Crippen LogP contribution in [0.2, 0.25) is 0 Å². The molecule has 0 aliphatic heterocycles. The Morgan fingerprint density at radius 3 is 2.86 bits per heavy atom. The van der Waals surface area contributed by atoms with E-state index in [0.29, 0.717) is 6.42 Å². The number of nitrogens with zero attached hydrogens (tertiary/aromatic N) is 1. The second-order valence-corrected chi connectivity index (χ2v) is 4.44. The van der Waals surface area contributed by atoms with E-state index in [1.54, 1.807) is 18.7 Å². The summed E-state index contributed by atoms with van der Waals surface area (Å²) in [5, 5.41) is 1.04. The van der Waals surface area contributed by atoms with Gasteiger partial charge in [-0.15, -0.1) is 11.8 Å². The fraction of sp³-hybridized carbons (Fsp3) is 0.455. The molecular weight excluding hydrogens is 194 g/mol. The summed E-state index contributed by atoms with van der Waals surface area (Å²) in [5.41, 5.74) is 1.18. The molecule has 2 nitrogen and oxygen atoms in total. The van der Waals surface area contributed by atoms with Crippen molar-refractivity contribution >= 4 is 17.5 Å². The standard InChI is InChI=1S/C11H15NOS/c1-9-5-6-11(12-8-9)14-7-3-4-10(2)13/h5-6,8H,3-4,7H2,1-2H3. The third-order valence-electron chi connectivity index (χ3n) is 1.81. The molecule has 0 bridgehead atoms. The number of pyridine rings is 1. The summed E-state index contributed by atoms with van der Waals surface area (Å²) in [6.07, 6.45) is 3.49. The predicted molar refractivity (Wildman–Crippen MR) is 59.6 cm³/mol. The van der Waals surface area contributed by atoms with E-state index in [-0.39, 0.29) is 5.78 Å². The summed E-state index contributed by atoms with van der Waals surface area (Å²) in [7, 11) is 0. The van der Waals surface area contributed by atoms with Gasteiger partial charge in [0, 0.05) is 12.6 Å². The van der Waals surface area contributed by atoms with E-state index in [0.717, 1.165) is 17.2 Å². The minimum Gasteiger partial charge on any atom is -0.300 e. The normalized spacial score (nSPS) is 10.1. The lowest BCUT2D eigenvalue weighted by atomic mass is 10.3. The lowest BCUT2D eigenvalue weighted by Crippen LogP contribution is -1.91. The monoisotopic (exact) mass is 209 g/mol. The molecule has 76 valence electrons. The average molecular weight is 209 g/mol. The smallest absolute Gasteiger partial charge is 0.129 e. The van der Waals surface area contributed by atoms with Crippen LogP contribution in [-0.4, -0.2) is 16.5 Å². The van der Waals surface area contributed by atoms with Gasteiger partial charge in [0.15, 0.2) is 0 Å². The van der Waals surface area contributed by atoms with Gasteiger partial charge in [-0.1, -0.05) is 6.07 Å². The van der Waals surface area contributed by atoms with Crippen molar-refractivity contribution < 1.29 is 4.79 Å². The largest absolute Gasteiger partial charge is 0.300 e. The van der Waals surface area contributed by atoms with Crippen LogP contribution in [0.15, 0.2) is 23.4 Å². The number of aromatic nitrogens is 1. The molecule has 0 saturated carbocycles. The summed E-state index contributed by atoms with van der Waals surface area (Å²) in [6.45, 7) is 3.66. The first kappa shape index (κ1) is 11.2. The number of carbonyl (C=O) groups is 1. The lowest BCUT2D eigenvalue weighted by molar-refractivity contribution is -0.117. The van der Waals surface area contributed by atoms with Crippen molar-refractivity contribution in [1.29, 1.82) is 0 Å². The highest BCUT2D eigenvalue weighted by Gasteiger charge is 1.97. The van der Waals surface area contributed by atoms with Crippen LogP contribution in [0.3, 0.4) is 0 Å². The van der Waals surface area contributed by atoms with Gasteiger partial charge in [-0.05, 0) is 37.7 Å². The first-order chi connectivity index (χ1) is 6.68. The fourth-order valence-electron chi connectivity index (χ4n) is 1.04. The van der Waals surface area contributed by atoms with Crippen LogP contribution >= 0.6 is 11.8 Å². The van der Waals surface area contributed by atoms with Crippen molar-refractivity contribution in [1.82, 2.24) is 4.98 Å². The lowest BCUT2D eigenvalue weighted by Gasteiger charge is -1.99. The predicted octanol–water partition coefficient (Wildman–Crippen LogP) is 2.85. The number of hydrogen-bond acceptors (Lipinski definition) is 3. The molecular formula is C11H15NOS. The van der Waals surface area contributed by atoms with Gasteiger partial charge in [0.05, 0.1) is 5.03 Å². The SMILES string of the molecule is CC(=O)CCCSc1ccc(C)cn1. The van der Waals surface area contributed by atoms with Crippen LogP contribution in [0.25, 0.3) is 0 Å². The molecule has 1 heterocycles. The van der Waals surface area contributed by atoms with Gasteiger partial charge >= 0.3 is 0 Å². The van der Waals surface area contributed by atoms with Crippen LogP contribution in [0, 0.1) is 6.92 Å². The number of aryl methyl sites for hydroxylation is 1. The highest BCUT2D eigenvalue weighted by atomic mass is 32.2. The zero-order chi connectivity index (χ0) is 10.4. The number of carbonyl (C=O) groups excluding carboxylic acids is 1. The molecule has 0 fully saturated rings. The van der Waals surface area contributed by atoms with Crippen LogP contribution in [0.5, 0.6) is 0 Å². The Bertz CT molecular complexity index is 295. The molecule has 0 atom stereocenters. The molecule has 1 aromatic rings. The minimum absolute atomic E-state index is 0.266. The molecule has 0 spiro atoms. The van der Waals surface area contributed by atoms with Gasteiger partial charge in [-0.2, -0.15) is 0 Å². The summed E-state index contributed by atoms with van der Waals surface area (Å²) in [5.74, 6) is 1.23. The first-order valence-electron chi connectivity index (χ1n) is 4.73. The summed E-state index contributed by atoms with van der Waals surface area (Å²) in [6, 6.07) is 4.08. The Morgan fingerprint density at radius 1 is 1.50 bits per heavy atom. The maximum atomic E-state index is 10.7. The van der Waals surface area contributed by atoms with Crippen molar-refractivity contribution in [3.05, 3.63) is 23.9 Å². The molecule has 3 heteroatoms. The van der Waals surface area contributed by atoms with Crippen molar-refractivity contribution in [2.24, 2.45) is 0 Å². The van der Waals surface area contributed by atoms with E-state index < -0.39 is 0 Å². The van der Waals surface area contributed by atoms with E-state index in [2.05, 4.69) is 11.1 Å². The number of thioether (sulfide) groups is 1. The fourth-order valence-corrected chi connectivity index (χ4v) is 1.83. The van der Waals surface area contributed by atoms with Gasteiger partial charge in [0.25, 0.3) is 0 Å². The Kier molecular flexibility index (Phi) is 4.66. The topological polar surface area (TPSA) is 30.0 Å². The van der Waals surface area contributed by atoms with Gasteiger partial charge in [-0.3, -0.25) is 0 Å². The zero-order valence-corrected chi connectivity index (χ0v) is 9.43. The van der Waals surface area contributed by atoms with Gasteiger partial charge in [0.2, 0.25) is 0 Å². The summed E-state index contributed by atoms with van der Waals surface area (Å²) >= 11 is 1.71. The number of ketones is 1. The third-order valence-corrected chi connectivity index (χ3v) is 2.84. The molecule has 0 aromatic carbocycles. The van der Waals surface area contributed by atoms with Crippen LogP contribution in [0.4, 0.5) is 0 Å². The third kappa shape index (κ3) is 4.42. The number of Topliss-reactive ketones (excluding diaryl/α,β-unsaturated/α-hetero) is 1. The molecule has 0 saturated heterocycles. The molecule has 1 rings (SSSR count). The van der Waals surface area contributed by atoms with Gasteiger partial charge in [-0.25, -0.2) is 4.98 Å². The van der Waals surface area contributed by atoms with E-state index in [4.69, 9.17) is 0 Å². The summed E-state index contributed by atoms with van der Waals surface area (Å²) < 4.78 is 0. The molecule has 1 aromatic heterocycles. The molecule has 14 heavy (non-hydrogen) atoms. The number of rotatable bonds is 5. The Balaban J connectivity index is 2.25. The van der Waals surface area contributed by atoms with Gasteiger partial charge < -0.3 is 4.79 Å². The van der Waals surface area contributed by atoms with Crippen molar-refractivity contribution in [3.63, 3.8) is 0 Å². The maximum absolute atomic E-state index is 10.7. The van der Waals surface area contributed by atoms with Crippen molar-refractivity contribution in [3.8, 4) is 0 Å². The van der Waals surface area contributed by atoms with E-state index in [9.17, 15) is 4.79 Å². The molecule has 0 aliphatic carbocycles. The van der Waals surface area contributed by atoms with Crippen LogP contribution in [-0.2, 0) is 4.79 Å². The van der Waals surface area contributed by atoms with Crippen LogP contribution in [0.1, 0.15) is 25.3 Å². The highest BCUT2D eigenvalue weighted by molar-refractivity contribution is 7.99. The minimum atomic E-state index is 0.266. The van der Waals surface area contributed by atoms with E-state index in [1.165, 1.54) is 5.56 Å². The molecule has 0 N–H and O–H groups in total. The molecule has 0 unspecified atom stereocenters. The first-order valence-corrected chi connectivity index (χ1v) is 5.72.